The second kappa shape index (κ2) is 11.9. The Labute approximate surface area is 222 Å². The first-order valence-electron chi connectivity index (χ1n) is 12.4. The molecule has 1 saturated heterocycles. The predicted octanol–water partition coefficient (Wildman–Crippen LogP) is 4.19. The number of ether oxygens (including phenoxy) is 2. The van der Waals surface area contributed by atoms with Gasteiger partial charge in [-0.2, -0.15) is 5.26 Å². The fourth-order valence-electron chi connectivity index (χ4n) is 4.45. The Bertz CT molecular complexity index is 1300. The molecule has 3 aromatic rings. The van der Waals surface area contributed by atoms with Gasteiger partial charge in [0.2, 0.25) is 0 Å². The monoisotopic (exact) mass is 521 g/mol. The lowest BCUT2D eigenvalue weighted by molar-refractivity contribution is 0.0303. The molecule has 8 heteroatoms. The van der Waals surface area contributed by atoms with Crippen LogP contribution in [0.15, 0.2) is 54.6 Å². The van der Waals surface area contributed by atoms with Crippen LogP contribution in [0.4, 0.5) is 0 Å². The van der Waals surface area contributed by atoms with Crippen molar-refractivity contribution in [2.45, 2.75) is 31.9 Å². The van der Waals surface area contributed by atoms with Gasteiger partial charge in [0, 0.05) is 25.2 Å². The summed E-state index contributed by atoms with van der Waals surface area (Å²) < 4.78 is 11.0. The molecule has 1 amide bonds. The molecule has 1 heterocycles. The molecule has 7 nitrogen and oxygen atoms in total. The van der Waals surface area contributed by atoms with Gasteiger partial charge in [0.25, 0.3) is 5.91 Å². The number of rotatable bonds is 9. The van der Waals surface area contributed by atoms with Crippen molar-refractivity contribution in [1.29, 1.82) is 5.26 Å². The van der Waals surface area contributed by atoms with Gasteiger partial charge in [-0.05, 0) is 48.7 Å². The number of nitriles is 1. The number of hydrogen-bond acceptors (Lipinski definition) is 6. The summed E-state index contributed by atoms with van der Waals surface area (Å²) in [5.74, 6) is -0.00488. The molecule has 0 aliphatic carbocycles. The molecule has 4 rings (SSSR count). The third-order valence-corrected chi connectivity index (χ3v) is 6.84. The van der Waals surface area contributed by atoms with Crippen LogP contribution in [0, 0.1) is 11.3 Å². The van der Waals surface area contributed by atoms with Crippen LogP contribution in [0.5, 0.6) is 5.75 Å². The smallest absolute Gasteiger partial charge is 0.255 e. The summed E-state index contributed by atoms with van der Waals surface area (Å²) in [6.07, 6.45) is -0.0195. The number of aliphatic hydroxyl groups is 1. The van der Waals surface area contributed by atoms with Crippen LogP contribution in [0.2, 0.25) is 5.02 Å². The fraction of sp³-hybridized carbons (Fsp3) is 0.379. The number of morpholine rings is 1. The molecule has 0 bridgehead atoms. The number of halogens is 1. The highest BCUT2D eigenvalue weighted by Crippen LogP contribution is 2.30. The van der Waals surface area contributed by atoms with Crippen molar-refractivity contribution in [2.75, 3.05) is 39.5 Å². The van der Waals surface area contributed by atoms with E-state index in [-0.39, 0.29) is 40.0 Å². The van der Waals surface area contributed by atoms with E-state index in [0.29, 0.717) is 32.8 Å². The average Bonchev–Trinajstić information content (AvgIpc) is 2.90. The van der Waals surface area contributed by atoms with Gasteiger partial charge in [-0.3, -0.25) is 4.79 Å². The largest absolute Gasteiger partial charge is 0.489 e. The molecule has 1 aliphatic heterocycles. The van der Waals surface area contributed by atoms with Gasteiger partial charge in [0.1, 0.15) is 30.1 Å². The summed E-state index contributed by atoms with van der Waals surface area (Å²) in [7, 11) is 0. The number of amides is 1. The summed E-state index contributed by atoms with van der Waals surface area (Å²) >= 11 is 6.42. The Hall–Kier alpha value is -3.15. The maximum Gasteiger partial charge on any atom is 0.255 e. The minimum atomic E-state index is -0.809. The molecule has 0 saturated carbocycles. The SMILES string of the molecule is CC(C)(Cc1ccc2ccccc2c1)NC[C@@H](O)COc1ccc(C(=O)N2CCOCC2)c(Cl)c1C#N. The van der Waals surface area contributed by atoms with Crippen molar-refractivity contribution in [1.82, 2.24) is 10.2 Å². The van der Waals surface area contributed by atoms with Gasteiger partial charge in [-0.15, -0.1) is 0 Å². The van der Waals surface area contributed by atoms with Crippen LogP contribution in [0.1, 0.15) is 35.3 Å². The van der Waals surface area contributed by atoms with Crippen LogP contribution in [0.25, 0.3) is 10.8 Å². The number of carbonyl (C=O) groups excluding carboxylic acids is 1. The van der Waals surface area contributed by atoms with Gasteiger partial charge in [-0.25, -0.2) is 0 Å². The first-order valence-corrected chi connectivity index (χ1v) is 12.8. The molecular formula is C29H32ClN3O4. The number of carbonyl (C=O) groups is 1. The van der Waals surface area contributed by atoms with Gasteiger partial charge in [0.05, 0.1) is 23.8 Å². The number of aliphatic hydroxyl groups excluding tert-OH is 1. The minimum absolute atomic E-state index is 0.0270. The van der Waals surface area contributed by atoms with E-state index >= 15 is 0 Å². The van der Waals surface area contributed by atoms with E-state index in [4.69, 9.17) is 21.1 Å². The summed E-state index contributed by atoms with van der Waals surface area (Å²) in [4.78, 5) is 14.5. The zero-order valence-electron chi connectivity index (χ0n) is 21.2. The average molecular weight is 522 g/mol. The van der Waals surface area contributed by atoms with E-state index in [9.17, 15) is 15.2 Å². The molecule has 0 unspecified atom stereocenters. The zero-order chi connectivity index (χ0) is 26.4. The molecule has 0 aromatic heterocycles. The standard InChI is InChI=1S/C29H32ClN3O4/c1-29(2,16-20-7-8-21-5-3-4-6-22(21)15-20)32-18-23(34)19-37-26-10-9-24(27(30)25(26)17-31)28(35)33-11-13-36-14-12-33/h3-10,15,23,32,34H,11-14,16,18-19H2,1-2H3/t23-/m1/s1. The third-order valence-electron chi connectivity index (χ3n) is 6.45. The van der Waals surface area contributed by atoms with Crippen molar-refractivity contribution in [3.05, 3.63) is 76.3 Å². The van der Waals surface area contributed by atoms with E-state index in [2.05, 4.69) is 49.5 Å². The molecule has 1 aliphatic rings. The van der Waals surface area contributed by atoms with E-state index in [1.807, 2.05) is 18.2 Å². The van der Waals surface area contributed by atoms with Crippen molar-refractivity contribution >= 4 is 28.3 Å². The van der Waals surface area contributed by atoms with Crippen molar-refractivity contribution in [3.63, 3.8) is 0 Å². The molecule has 1 atom stereocenters. The van der Waals surface area contributed by atoms with Gasteiger partial charge >= 0.3 is 0 Å². The first-order chi connectivity index (χ1) is 17.8. The number of hydrogen-bond donors (Lipinski definition) is 2. The first kappa shape index (κ1) is 26.9. The number of fused-ring (bicyclic) bond motifs is 1. The van der Waals surface area contributed by atoms with Crippen LogP contribution in [0.3, 0.4) is 0 Å². The highest BCUT2D eigenvalue weighted by atomic mass is 35.5. The van der Waals surface area contributed by atoms with E-state index in [1.54, 1.807) is 17.0 Å². The summed E-state index contributed by atoms with van der Waals surface area (Å²) in [6.45, 7) is 6.37. The Morgan fingerprint density at radius 1 is 1.19 bits per heavy atom. The van der Waals surface area contributed by atoms with E-state index in [1.165, 1.54) is 16.3 Å². The molecule has 3 aromatic carbocycles. The van der Waals surface area contributed by atoms with Crippen LogP contribution in [-0.4, -0.2) is 67.0 Å². The Morgan fingerprint density at radius 3 is 2.65 bits per heavy atom. The van der Waals surface area contributed by atoms with Crippen molar-refractivity contribution in [3.8, 4) is 11.8 Å². The molecule has 0 spiro atoms. The fourth-order valence-corrected chi connectivity index (χ4v) is 4.72. The number of nitrogens with one attached hydrogen (secondary N) is 1. The minimum Gasteiger partial charge on any atom is -0.489 e. The zero-order valence-corrected chi connectivity index (χ0v) is 21.9. The predicted molar refractivity (Wildman–Crippen MR) is 144 cm³/mol. The molecule has 37 heavy (non-hydrogen) atoms. The molecule has 1 fully saturated rings. The maximum atomic E-state index is 12.8. The van der Waals surface area contributed by atoms with Crippen molar-refractivity contribution in [2.24, 2.45) is 0 Å². The van der Waals surface area contributed by atoms with Gasteiger partial charge < -0.3 is 24.8 Å². The molecular weight excluding hydrogens is 490 g/mol. The van der Waals surface area contributed by atoms with Gasteiger partial charge in [-0.1, -0.05) is 54.1 Å². The lowest BCUT2D eigenvalue weighted by atomic mass is 9.93. The Kier molecular flexibility index (Phi) is 8.67. The van der Waals surface area contributed by atoms with Crippen LogP contribution >= 0.6 is 11.6 Å². The second-order valence-corrected chi connectivity index (χ2v) is 10.3. The van der Waals surface area contributed by atoms with E-state index < -0.39 is 6.10 Å². The summed E-state index contributed by atoms with van der Waals surface area (Å²) in [5.41, 5.74) is 1.29. The van der Waals surface area contributed by atoms with Gasteiger partial charge in [0.15, 0.2) is 0 Å². The Morgan fingerprint density at radius 2 is 1.92 bits per heavy atom. The summed E-state index contributed by atoms with van der Waals surface area (Å²) in [6, 6.07) is 19.9. The highest BCUT2D eigenvalue weighted by molar-refractivity contribution is 6.35. The van der Waals surface area contributed by atoms with Crippen LogP contribution < -0.4 is 10.1 Å². The van der Waals surface area contributed by atoms with Crippen LogP contribution in [-0.2, 0) is 11.2 Å². The lowest BCUT2D eigenvalue weighted by Gasteiger charge is -2.28. The molecule has 2 N–H and O–H groups in total. The lowest BCUT2D eigenvalue weighted by Crippen LogP contribution is -2.46. The van der Waals surface area contributed by atoms with Crippen molar-refractivity contribution < 1.29 is 19.4 Å². The van der Waals surface area contributed by atoms with E-state index in [0.717, 1.165) is 6.42 Å². The summed E-state index contributed by atoms with van der Waals surface area (Å²) in [5, 5.41) is 26.1. The molecule has 194 valence electrons. The quantitative estimate of drug-likeness (QED) is 0.438. The molecule has 0 radical (unpaired) electrons. The topological polar surface area (TPSA) is 94.8 Å². The second-order valence-electron chi connectivity index (χ2n) is 9.90. The normalized spacial score (nSPS) is 14.8. The number of benzene rings is 3. The maximum absolute atomic E-state index is 12.8. The third kappa shape index (κ3) is 6.79. The number of nitrogens with zero attached hydrogens (tertiary/aromatic N) is 2. The highest BCUT2D eigenvalue weighted by Gasteiger charge is 2.24. The number of β-amino-alcohol motifs (C(OH)–C–C–N with tert-alkyl or cyclic N) is 1. The Balaban J connectivity index is 1.33.